The molecule has 0 saturated carbocycles. The van der Waals surface area contributed by atoms with Crippen LogP contribution in [-0.4, -0.2) is 30.9 Å². The van der Waals surface area contributed by atoms with Crippen LogP contribution in [0.25, 0.3) is 10.8 Å². The van der Waals surface area contributed by atoms with Crippen molar-refractivity contribution in [2.24, 2.45) is 0 Å². The molecule has 0 aromatic heterocycles. The van der Waals surface area contributed by atoms with Crippen LogP contribution < -0.4 is 4.74 Å². The lowest BCUT2D eigenvalue weighted by Crippen LogP contribution is -2.18. The molecule has 0 unspecified atom stereocenters. The highest BCUT2D eigenvalue weighted by molar-refractivity contribution is 6.27. The number of fused-ring (bicyclic) bond motifs is 2. The van der Waals surface area contributed by atoms with Crippen LogP contribution in [0.5, 0.6) is 11.5 Å². The molecule has 5 heteroatoms. The van der Waals surface area contributed by atoms with Gasteiger partial charge in [0.25, 0.3) is 0 Å². The van der Waals surface area contributed by atoms with Crippen molar-refractivity contribution in [3.05, 3.63) is 46.7 Å². The lowest BCUT2D eigenvalue weighted by molar-refractivity contribution is 0.0915. The number of allylic oxidation sites excluding steroid dienone is 2. The molecule has 0 aliphatic heterocycles. The number of rotatable bonds is 2. The number of benzene rings is 2. The first kappa shape index (κ1) is 14.1. The van der Waals surface area contributed by atoms with Crippen LogP contribution in [0.1, 0.15) is 26.3 Å². The van der Waals surface area contributed by atoms with Crippen molar-refractivity contribution in [2.45, 2.75) is 6.92 Å². The summed E-state index contributed by atoms with van der Waals surface area (Å²) in [6, 6.07) is 5.17. The lowest BCUT2D eigenvalue weighted by Gasteiger charge is -2.18. The van der Waals surface area contributed by atoms with Crippen molar-refractivity contribution in [2.75, 3.05) is 14.2 Å². The Kier molecular flexibility index (Phi) is 3.13. The van der Waals surface area contributed by atoms with Crippen LogP contribution >= 0.6 is 0 Å². The Hall–Kier alpha value is -2.82. The van der Waals surface area contributed by atoms with Crippen LogP contribution in [0, 0.1) is 6.92 Å². The molecular formula is C17H14O5. The van der Waals surface area contributed by atoms with E-state index in [0.717, 1.165) is 11.6 Å². The van der Waals surface area contributed by atoms with E-state index in [4.69, 9.17) is 9.47 Å². The van der Waals surface area contributed by atoms with Gasteiger partial charge in [-0.2, -0.15) is 0 Å². The maximum atomic E-state index is 12.3. The number of hydrogen-bond donors (Lipinski definition) is 1. The molecule has 3 rings (SSSR count). The van der Waals surface area contributed by atoms with Crippen LogP contribution in [0.4, 0.5) is 0 Å². The van der Waals surface area contributed by atoms with E-state index < -0.39 is 11.6 Å². The number of Topliss-reactive ketones (excluding diaryl/α,β-unsaturated/α-hetero) is 1. The first-order valence-corrected chi connectivity index (χ1v) is 6.67. The van der Waals surface area contributed by atoms with Crippen LogP contribution in [0.15, 0.2) is 30.0 Å². The topological polar surface area (TPSA) is 72.8 Å². The highest BCUT2D eigenvalue weighted by atomic mass is 16.5. The quantitative estimate of drug-likeness (QED) is 0.923. The van der Waals surface area contributed by atoms with Gasteiger partial charge in [-0.15, -0.1) is 0 Å². The lowest BCUT2D eigenvalue weighted by atomic mass is 9.89. The average molecular weight is 298 g/mol. The van der Waals surface area contributed by atoms with E-state index in [1.165, 1.54) is 14.2 Å². The van der Waals surface area contributed by atoms with Gasteiger partial charge in [-0.25, -0.2) is 0 Å². The number of ether oxygens (including phenoxy) is 2. The van der Waals surface area contributed by atoms with Gasteiger partial charge in [0.15, 0.2) is 11.5 Å². The Bertz CT molecular complexity index is 861. The van der Waals surface area contributed by atoms with Crippen molar-refractivity contribution < 1.29 is 24.2 Å². The molecule has 0 radical (unpaired) electrons. The third kappa shape index (κ3) is 1.86. The Morgan fingerprint density at radius 2 is 1.77 bits per heavy atom. The van der Waals surface area contributed by atoms with E-state index >= 15 is 0 Å². The molecule has 1 N–H and O–H groups in total. The van der Waals surface area contributed by atoms with Gasteiger partial charge >= 0.3 is 0 Å². The molecule has 0 amide bonds. The predicted octanol–water partition coefficient (Wildman–Crippen LogP) is 2.77. The molecule has 0 saturated heterocycles. The van der Waals surface area contributed by atoms with Crippen molar-refractivity contribution in [3.63, 3.8) is 0 Å². The summed E-state index contributed by atoms with van der Waals surface area (Å²) in [5.74, 6) is -0.703. The van der Waals surface area contributed by atoms with Crippen molar-refractivity contribution >= 4 is 22.3 Å². The molecule has 0 heterocycles. The highest BCUT2D eigenvalue weighted by Gasteiger charge is 2.31. The maximum Gasteiger partial charge on any atom is 0.228 e. The number of methoxy groups -OCH3 is 2. The summed E-state index contributed by atoms with van der Waals surface area (Å²) in [7, 11) is 2.82. The second kappa shape index (κ2) is 4.87. The fraction of sp³-hybridized carbons (Fsp3) is 0.176. The zero-order valence-corrected chi connectivity index (χ0v) is 12.4. The molecule has 1 aliphatic carbocycles. The number of aryl methyl sites for hydroxylation is 1. The van der Waals surface area contributed by atoms with E-state index in [1.54, 1.807) is 12.1 Å². The van der Waals surface area contributed by atoms with Crippen LogP contribution in [0.3, 0.4) is 0 Å². The summed E-state index contributed by atoms with van der Waals surface area (Å²) in [5.41, 5.74) is 1.04. The number of ketones is 2. The van der Waals surface area contributed by atoms with Gasteiger partial charge < -0.3 is 14.6 Å². The van der Waals surface area contributed by atoms with E-state index in [9.17, 15) is 14.7 Å². The molecule has 2 aromatic carbocycles. The number of aromatic hydroxyl groups is 1. The van der Waals surface area contributed by atoms with Crippen LogP contribution in [-0.2, 0) is 4.74 Å². The molecule has 0 atom stereocenters. The van der Waals surface area contributed by atoms with Crippen molar-refractivity contribution in [1.29, 1.82) is 0 Å². The van der Waals surface area contributed by atoms with E-state index in [0.29, 0.717) is 16.5 Å². The van der Waals surface area contributed by atoms with E-state index in [1.807, 2.05) is 13.0 Å². The fourth-order valence-electron chi connectivity index (χ4n) is 2.76. The van der Waals surface area contributed by atoms with Gasteiger partial charge in [-0.1, -0.05) is 6.07 Å². The normalized spacial score (nSPS) is 13.9. The van der Waals surface area contributed by atoms with Gasteiger partial charge in [0, 0.05) is 11.6 Å². The van der Waals surface area contributed by atoms with Crippen molar-refractivity contribution in [3.8, 4) is 11.5 Å². The summed E-state index contributed by atoms with van der Waals surface area (Å²) < 4.78 is 10.2. The molecular weight excluding hydrogens is 284 g/mol. The van der Waals surface area contributed by atoms with Gasteiger partial charge in [-0.05, 0) is 30.0 Å². The van der Waals surface area contributed by atoms with Crippen molar-refractivity contribution in [1.82, 2.24) is 0 Å². The number of phenolic OH excluding ortho intramolecular Hbond substituents is 1. The summed E-state index contributed by atoms with van der Waals surface area (Å²) >= 11 is 0. The second-order valence-electron chi connectivity index (χ2n) is 5.12. The molecule has 22 heavy (non-hydrogen) atoms. The van der Waals surface area contributed by atoms with E-state index in [-0.39, 0.29) is 22.6 Å². The predicted molar refractivity (Wildman–Crippen MR) is 80.7 cm³/mol. The Balaban J connectivity index is 2.42. The largest absolute Gasteiger partial charge is 0.506 e. The molecule has 5 nitrogen and oxygen atoms in total. The Labute approximate surface area is 126 Å². The highest BCUT2D eigenvalue weighted by Crippen LogP contribution is 2.41. The van der Waals surface area contributed by atoms with E-state index in [2.05, 4.69) is 0 Å². The third-order valence-corrected chi connectivity index (χ3v) is 3.74. The Morgan fingerprint density at radius 3 is 2.41 bits per heavy atom. The number of carbonyl (C=O) groups is 2. The fourth-order valence-corrected chi connectivity index (χ4v) is 2.76. The summed E-state index contributed by atoms with van der Waals surface area (Å²) in [4.78, 5) is 24.6. The smallest absolute Gasteiger partial charge is 0.228 e. The first-order valence-electron chi connectivity index (χ1n) is 6.67. The molecule has 0 fully saturated rings. The number of carbonyl (C=O) groups excluding carboxylic acids is 2. The summed E-state index contributed by atoms with van der Waals surface area (Å²) in [5, 5.41) is 11.6. The monoisotopic (exact) mass is 298 g/mol. The Morgan fingerprint density at radius 1 is 1.05 bits per heavy atom. The van der Waals surface area contributed by atoms with Gasteiger partial charge in [-0.3, -0.25) is 9.59 Å². The minimum Gasteiger partial charge on any atom is -0.506 e. The molecule has 0 bridgehead atoms. The number of phenols is 1. The second-order valence-corrected chi connectivity index (χ2v) is 5.12. The number of hydrogen-bond acceptors (Lipinski definition) is 5. The third-order valence-electron chi connectivity index (χ3n) is 3.74. The van der Waals surface area contributed by atoms with Gasteiger partial charge in [0.2, 0.25) is 5.78 Å². The van der Waals surface area contributed by atoms with Gasteiger partial charge in [0.1, 0.15) is 11.5 Å². The van der Waals surface area contributed by atoms with Gasteiger partial charge in [0.05, 0.1) is 25.2 Å². The minimum absolute atomic E-state index is 0.0135. The molecule has 112 valence electrons. The minimum atomic E-state index is -0.464. The molecule has 0 spiro atoms. The SMILES string of the molecule is COC1=CC(=O)c2c(cc3cc(C)cc(OC)c3c2O)C1=O. The zero-order valence-electron chi connectivity index (χ0n) is 12.4. The average Bonchev–Trinajstić information content (AvgIpc) is 2.49. The summed E-state index contributed by atoms with van der Waals surface area (Å²) in [6.07, 6.45) is 1.09. The first-order chi connectivity index (χ1) is 10.5. The standard InChI is InChI=1S/C17H14O5/c1-8-4-9-6-10-15(11(18)7-13(22-3)16(10)19)17(20)14(9)12(5-8)21-2/h4-7,20H,1-3H3. The zero-order chi connectivity index (χ0) is 16.0. The van der Waals surface area contributed by atoms with Crippen LogP contribution in [0.2, 0.25) is 0 Å². The maximum absolute atomic E-state index is 12.3. The molecule has 2 aromatic rings. The molecule has 1 aliphatic rings. The summed E-state index contributed by atoms with van der Waals surface area (Å²) in [6.45, 7) is 1.88.